The molecule has 1 heterocycles. The third kappa shape index (κ3) is 2.28. The molecule has 0 radical (unpaired) electrons. The fourth-order valence-corrected chi connectivity index (χ4v) is 3.55. The minimum absolute atomic E-state index is 0.316. The highest BCUT2D eigenvalue weighted by Gasteiger charge is 2.43. The number of nitrogens with one attached hydrogen (secondary N) is 1. The first-order chi connectivity index (χ1) is 7.45. The molecule has 0 atom stereocenters. The Morgan fingerprint density at radius 3 is 2.25 bits per heavy atom. The molecular weight excluding hydrogens is 196 g/mol. The van der Waals surface area contributed by atoms with Gasteiger partial charge in [0.15, 0.2) is 0 Å². The molecule has 0 aromatic rings. The maximum Gasteiger partial charge on any atom is 0.0309 e. The van der Waals surface area contributed by atoms with E-state index in [1.807, 2.05) is 0 Å². The van der Waals surface area contributed by atoms with Gasteiger partial charge >= 0.3 is 0 Å². The van der Waals surface area contributed by atoms with Crippen LogP contribution in [-0.2, 0) is 0 Å². The number of piperazine rings is 1. The van der Waals surface area contributed by atoms with Crippen LogP contribution < -0.4 is 5.32 Å². The van der Waals surface area contributed by atoms with E-state index < -0.39 is 0 Å². The van der Waals surface area contributed by atoms with Crippen LogP contribution >= 0.6 is 0 Å². The predicted octanol–water partition coefficient (Wildman–Crippen LogP) is 2.78. The average Bonchev–Trinajstić information content (AvgIpc) is 2.23. The highest BCUT2D eigenvalue weighted by atomic mass is 15.3. The van der Waals surface area contributed by atoms with E-state index >= 15 is 0 Å². The zero-order valence-corrected chi connectivity index (χ0v) is 11.5. The molecule has 0 aromatic carbocycles. The lowest BCUT2D eigenvalue weighted by molar-refractivity contribution is -0.0102. The van der Waals surface area contributed by atoms with Crippen molar-refractivity contribution < 1.29 is 0 Å². The lowest BCUT2D eigenvalue weighted by Crippen LogP contribution is -2.69. The third-order valence-corrected chi connectivity index (χ3v) is 4.58. The Morgan fingerprint density at radius 1 is 1.06 bits per heavy atom. The SMILES string of the molecule is CC(C)N1CC2(CCCCC2)NCC1(C)C. The number of hydrogen-bond donors (Lipinski definition) is 1. The van der Waals surface area contributed by atoms with Gasteiger partial charge in [-0.1, -0.05) is 19.3 Å². The minimum Gasteiger partial charge on any atom is -0.308 e. The van der Waals surface area contributed by atoms with Crippen LogP contribution in [0.2, 0.25) is 0 Å². The minimum atomic E-state index is 0.316. The monoisotopic (exact) mass is 224 g/mol. The number of nitrogens with zero attached hydrogens (tertiary/aromatic N) is 1. The molecule has 2 heteroatoms. The zero-order chi connectivity index (χ0) is 11.8. The Hall–Kier alpha value is -0.0800. The molecule has 16 heavy (non-hydrogen) atoms. The molecule has 0 bridgehead atoms. The summed E-state index contributed by atoms with van der Waals surface area (Å²) < 4.78 is 0. The fraction of sp³-hybridized carbons (Fsp3) is 1.00. The molecule has 1 spiro atoms. The van der Waals surface area contributed by atoms with Crippen molar-refractivity contribution in [2.45, 2.75) is 76.9 Å². The van der Waals surface area contributed by atoms with E-state index in [1.54, 1.807) is 0 Å². The van der Waals surface area contributed by atoms with Gasteiger partial charge < -0.3 is 5.32 Å². The Kier molecular flexibility index (Phi) is 3.33. The normalized spacial score (nSPS) is 29.8. The van der Waals surface area contributed by atoms with Gasteiger partial charge in [-0.2, -0.15) is 0 Å². The van der Waals surface area contributed by atoms with Crippen LogP contribution in [0.4, 0.5) is 0 Å². The summed E-state index contributed by atoms with van der Waals surface area (Å²) in [7, 11) is 0. The molecule has 1 saturated carbocycles. The Bertz CT molecular complexity index is 239. The Labute approximate surface area is 101 Å². The predicted molar refractivity (Wildman–Crippen MR) is 69.7 cm³/mol. The molecule has 0 unspecified atom stereocenters. The highest BCUT2D eigenvalue weighted by molar-refractivity contribution is 5.03. The van der Waals surface area contributed by atoms with E-state index in [9.17, 15) is 0 Å². The Morgan fingerprint density at radius 2 is 1.69 bits per heavy atom. The number of rotatable bonds is 1. The van der Waals surface area contributed by atoms with E-state index in [1.165, 1.54) is 38.6 Å². The molecule has 0 aromatic heterocycles. The van der Waals surface area contributed by atoms with Gasteiger partial charge in [-0.3, -0.25) is 4.90 Å². The maximum absolute atomic E-state index is 3.87. The van der Waals surface area contributed by atoms with Crippen LogP contribution in [0.1, 0.15) is 59.8 Å². The average molecular weight is 224 g/mol. The van der Waals surface area contributed by atoms with Crippen molar-refractivity contribution in [2.75, 3.05) is 13.1 Å². The highest BCUT2D eigenvalue weighted by Crippen LogP contribution is 2.35. The second-order valence-corrected chi connectivity index (χ2v) is 6.73. The van der Waals surface area contributed by atoms with Crippen molar-refractivity contribution >= 4 is 0 Å². The lowest BCUT2D eigenvalue weighted by Gasteiger charge is -2.55. The van der Waals surface area contributed by atoms with E-state index in [0.717, 1.165) is 6.54 Å². The first kappa shape index (κ1) is 12.4. The first-order valence-electron chi connectivity index (χ1n) is 6.97. The molecule has 2 rings (SSSR count). The fourth-order valence-electron chi connectivity index (χ4n) is 3.55. The molecule has 2 fully saturated rings. The summed E-state index contributed by atoms with van der Waals surface area (Å²) in [5.74, 6) is 0. The van der Waals surface area contributed by atoms with E-state index in [0.29, 0.717) is 17.1 Å². The zero-order valence-electron chi connectivity index (χ0n) is 11.5. The van der Waals surface area contributed by atoms with Gasteiger partial charge in [0.25, 0.3) is 0 Å². The van der Waals surface area contributed by atoms with Gasteiger partial charge in [0.2, 0.25) is 0 Å². The van der Waals surface area contributed by atoms with Gasteiger partial charge in [0.1, 0.15) is 0 Å². The van der Waals surface area contributed by atoms with Gasteiger partial charge in [-0.05, 0) is 40.5 Å². The van der Waals surface area contributed by atoms with E-state index in [4.69, 9.17) is 0 Å². The summed E-state index contributed by atoms with van der Waals surface area (Å²) in [5, 5.41) is 3.87. The maximum atomic E-state index is 3.87. The van der Waals surface area contributed by atoms with Crippen molar-refractivity contribution in [3.8, 4) is 0 Å². The second-order valence-electron chi connectivity index (χ2n) is 6.73. The second kappa shape index (κ2) is 4.30. The van der Waals surface area contributed by atoms with Crippen LogP contribution in [0.5, 0.6) is 0 Å². The van der Waals surface area contributed by atoms with Crippen LogP contribution in [0.3, 0.4) is 0 Å². The van der Waals surface area contributed by atoms with E-state index in [2.05, 4.69) is 37.9 Å². The summed E-state index contributed by atoms with van der Waals surface area (Å²) in [6.45, 7) is 11.8. The molecule has 0 amide bonds. The molecule has 1 aliphatic heterocycles. The van der Waals surface area contributed by atoms with Gasteiger partial charge in [0.05, 0.1) is 0 Å². The standard InChI is InChI=1S/C14H28N2/c1-12(2)16-11-14(8-6-5-7-9-14)15-10-13(16,3)4/h12,15H,5-11H2,1-4H3. The summed E-state index contributed by atoms with van der Waals surface area (Å²) in [4.78, 5) is 2.70. The summed E-state index contributed by atoms with van der Waals surface area (Å²) in [6, 6.07) is 0.663. The van der Waals surface area contributed by atoms with Gasteiger partial charge in [-0.15, -0.1) is 0 Å². The summed E-state index contributed by atoms with van der Waals surface area (Å²) in [5.41, 5.74) is 0.759. The van der Waals surface area contributed by atoms with Crippen LogP contribution in [0, 0.1) is 0 Å². The molecule has 2 nitrogen and oxygen atoms in total. The smallest absolute Gasteiger partial charge is 0.0309 e. The molecule has 1 N–H and O–H groups in total. The van der Waals surface area contributed by atoms with Crippen molar-refractivity contribution in [3.05, 3.63) is 0 Å². The van der Waals surface area contributed by atoms with E-state index in [-0.39, 0.29) is 0 Å². The summed E-state index contributed by atoms with van der Waals surface area (Å²) >= 11 is 0. The van der Waals surface area contributed by atoms with Crippen molar-refractivity contribution in [1.82, 2.24) is 10.2 Å². The number of hydrogen-bond acceptors (Lipinski definition) is 2. The van der Waals surface area contributed by atoms with Crippen molar-refractivity contribution in [2.24, 2.45) is 0 Å². The third-order valence-electron chi connectivity index (χ3n) is 4.58. The molecule has 1 saturated heterocycles. The Balaban J connectivity index is 2.10. The molecule has 1 aliphatic carbocycles. The largest absolute Gasteiger partial charge is 0.308 e. The van der Waals surface area contributed by atoms with Crippen LogP contribution in [0.15, 0.2) is 0 Å². The van der Waals surface area contributed by atoms with Crippen LogP contribution in [-0.4, -0.2) is 35.1 Å². The quantitative estimate of drug-likeness (QED) is 0.737. The lowest BCUT2D eigenvalue weighted by atomic mass is 9.77. The van der Waals surface area contributed by atoms with Gasteiger partial charge in [0, 0.05) is 30.2 Å². The van der Waals surface area contributed by atoms with Crippen molar-refractivity contribution in [3.63, 3.8) is 0 Å². The topological polar surface area (TPSA) is 15.3 Å². The van der Waals surface area contributed by atoms with Crippen LogP contribution in [0.25, 0.3) is 0 Å². The molecule has 94 valence electrons. The molecule has 2 aliphatic rings. The summed E-state index contributed by atoms with van der Waals surface area (Å²) in [6.07, 6.45) is 7.03. The first-order valence-corrected chi connectivity index (χ1v) is 6.97. The van der Waals surface area contributed by atoms with Crippen molar-refractivity contribution in [1.29, 1.82) is 0 Å². The van der Waals surface area contributed by atoms with Gasteiger partial charge in [-0.25, -0.2) is 0 Å². The molecular formula is C14H28N2.